The fraction of sp³-hybridized carbons (Fsp3) is 1.00. The molecule has 2 rings (SSSR count). The van der Waals surface area contributed by atoms with E-state index in [0.29, 0.717) is 11.7 Å². The summed E-state index contributed by atoms with van der Waals surface area (Å²) in [5, 5.41) is 3.31. The molecular formula is C10H20N2O2S. The normalized spacial score (nSPS) is 30.5. The molecule has 88 valence electrons. The Labute approximate surface area is 92.1 Å². The van der Waals surface area contributed by atoms with Crippen molar-refractivity contribution >= 4 is 10.0 Å². The summed E-state index contributed by atoms with van der Waals surface area (Å²) in [5.74, 6) is 0.890. The van der Waals surface area contributed by atoms with Crippen LogP contribution in [0, 0.1) is 5.92 Å². The van der Waals surface area contributed by atoms with Gasteiger partial charge >= 0.3 is 0 Å². The van der Waals surface area contributed by atoms with E-state index < -0.39 is 10.0 Å². The number of hydrogen-bond donors (Lipinski definition) is 1. The van der Waals surface area contributed by atoms with Crippen molar-refractivity contribution in [3.8, 4) is 0 Å². The summed E-state index contributed by atoms with van der Waals surface area (Å²) in [5.41, 5.74) is 0. The zero-order valence-electron chi connectivity index (χ0n) is 9.28. The molecule has 0 amide bonds. The zero-order valence-corrected chi connectivity index (χ0v) is 10.1. The molecule has 1 unspecified atom stereocenters. The molecule has 0 spiro atoms. The number of rotatable bonds is 2. The van der Waals surface area contributed by atoms with Crippen LogP contribution in [-0.2, 0) is 10.0 Å². The number of nitrogens with one attached hydrogen (secondary N) is 1. The van der Waals surface area contributed by atoms with Crippen LogP contribution in [0.4, 0.5) is 0 Å². The molecule has 5 heteroatoms. The van der Waals surface area contributed by atoms with Crippen molar-refractivity contribution in [2.75, 3.05) is 25.4 Å². The van der Waals surface area contributed by atoms with E-state index in [0.717, 1.165) is 38.9 Å². The van der Waals surface area contributed by atoms with Gasteiger partial charge in [-0.15, -0.1) is 0 Å². The molecule has 0 radical (unpaired) electrons. The van der Waals surface area contributed by atoms with E-state index in [1.807, 2.05) is 0 Å². The number of piperidine rings is 1. The van der Waals surface area contributed by atoms with Gasteiger partial charge in [0, 0.05) is 12.6 Å². The maximum absolute atomic E-state index is 11.8. The van der Waals surface area contributed by atoms with Gasteiger partial charge in [-0.3, -0.25) is 0 Å². The molecule has 4 nitrogen and oxygen atoms in total. The lowest BCUT2D eigenvalue weighted by Crippen LogP contribution is -2.43. The van der Waals surface area contributed by atoms with Crippen LogP contribution in [0.25, 0.3) is 0 Å². The predicted octanol–water partition coefficient (Wildman–Crippen LogP) is 0.410. The molecule has 0 bridgehead atoms. The molecule has 0 aromatic rings. The molecule has 0 aliphatic carbocycles. The van der Waals surface area contributed by atoms with Crippen LogP contribution >= 0.6 is 0 Å². The second kappa shape index (κ2) is 4.39. The predicted molar refractivity (Wildman–Crippen MR) is 60.2 cm³/mol. The highest BCUT2D eigenvalue weighted by atomic mass is 32.2. The fourth-order valence-corrected chi connectivity index (χ4v) is 4.49. The van der Waals surface area contributed by atoms with E-state index in [1.165, 1.54) is 0 Å². The highest BCUT2D eigenvalue weighted by Crippen LogP contribution is 2.26. The van der Waals surface area contributed by atoms with Crippen LogP contribution in [-0.4, -0.2) is 44.2 Å². The molecule has 2 heterocycles. The minimum absolute atomic E-state index is 0.194. The molecule has 15 heavy (non-hydrogen) atoms. The maximum atomic E-state index is 11.8. The van der Waals surface area contributed by atoms with E-state index in [-0.39, 0.29) is 6.04 Å². The first-order valence-corrected chi connectivity index (χ1v) is 7.42. The van der Waals surface area contributed by atoms with Gasteiger partial charge in [-0.05, 0) is 45.2 Å². The van der Waals surface area contributed by atoms with Gasteiger partial charge in [0.1, 0.15) is 0 Å². The van der Waals surface area contributed by atoms with Crippen molar-refractivity contribution in [1.82, 2.24) is 9.62 Å². The maximum Gasteiger partial charge on any atom is 0.214 e. The summed E-state index contributed by atoms with van der Waals surface area (Å²) in [6.45, 7) is 4.86. The third-order valence-corrected chi connectivity index (χ3v) is 5.69. The molecule has 1 N–H and O–H groups in total. The lowest BCUT2D eigenvalue weighted by atomic mass is 9.91. The Hall–Kier alpha value is -0.130. The molecule has 0 saturated carbocycles. The molecule has 1 atom stereocenters. The highest BCUT2D eigenvalue weighted by molar-refractivity contribution is 7.89. The third-order valence-electron chi connectivity index (χ3n) is 3.66. The van der Waals surface area contributed by atoms with Crippen molar-refractivity contribution in [3.63, 3.8) is 0 Å². The largest absolute Gasteiger partial charge is 0.317 e. The Balaban J connectivity index is 2.03. The minimum atomic E-state index is -2.92. The van der Waals surface area contributed by atoms with Crippen molar-refractivity contribution in [2.45, 2.75) is 32.2 Å². The van der Waals surface area contributed by atoms with Crippen LogP contribution < -0.4 is 5.32 Å². The van der Waals surface area contributed by atoms with Gasteiger partial charge in [0.05, 0.1) is 5.75 Å². The Morgan fingerprint density at radius 2 is 2.00 bits per heavy atom. The smallest absolute Gasteiger partial charge is 0.214 e. The van der Waals surface area contributed by atoms with Crippen molar-refractivity contribution in [2.24, 2.45) is 5.92 Å². The standard InChI is InChI=1S/C10H20N2O2S/c1-9(10-3-5-11-6-4-10)12-7-2-8-15(12,13)14/h9-11H,2-8H2,1H3. The van der Waals surface area contributed by atoms with Crippen LogP contribution in [0.3, 0.4) is 0 Å². The first kappa shape index (κ1) is 11.4. The second-order valence-corrected chi connectivity index (χ2v) is 6.65. The quantitative estimate of drug-likeness (QED) is 0.750. The summed E-state index contributed by atoms with van der Waals surface area (Å²) in [4.78, 5) is 0. The SMILES string of the molecule is CC(C1CCNCC1)N1CCCS1(=O)=O. The first-order chi connectivity index (χ1) is 7.11. The van der Waals surface area contributed by atoms with E-state index in [9.17, 15) is 8.42 Å². The van der Waals surface area contributed by atoms with Crippen molar-refractivity contribution in [1.29, 1.82) is 0 Å². The number of nitrogens with zero attached hydrogens (tertiary/aromatic N) is 1. The lowest BCUT2D eigenvalue weighted by molar-refractivity contribution is 0.222. The van der Waals surface area contributed by atoms with Crippen molar-refractivity contribution < 1.29 is 8.42 Å². The molecule has 2 aliphatic heterocycles. The molecule has 0 aromatic heterocycles. The van der Waals surface area contributed by atoms with Crippen LogP contribution in [0.1, 0.15) is 26.2 Å². The van der Waals surface area contributed by atoms with Gasteiger partial charge < -0.3 is 5.32 Å². The molecule has 2 aliphatic rings. The van der Waals surface area contributed by atoms with Gasteiger partial charge in [0.2, 0.25) is 10.0 Å². The van der Waals surface area contributed by atoms with E-state index >= 15 is 0 Å². The van der Waals surface area contributed by atoms with E-state index in [1.54, 1.807) is 4.31 Å². The monoisotopic (exact) mass is 232 g/mol. The second-order valence-electron chi connectivity index (χ2n) is 4.61. The van der Waals surface area contributed by atoms with Gasteiger partial charge in [-0.25, -0.2) is 8.42 Å². The Morgan fingerprint density at radius 1 is 1.33 bits per heavy atom. The zero-order chi connectivity index (χ0) is 10.9. The first-order valence-electron chi connectivity index (χ1n) is 5.81. The van der Waals surface area contributed by atoms with Gasteiger partial charge in [0.15, 0.2) is 0 Å². The molecule has 2 fully saturated rings. The number of hydrogen-bond acceptors (Lipinski definition) is 3. The lowest BCUT2D eigenvalue weighted by Gasteiger charge is -2.33. The van der Waals surface area contributed by atoms with Gasteiger partial charge in [-0.2, -0.15) is 4.31 Å². The fourth-order valence-electron chi connectivity index (χ4n) is 2.68. The van der Waals surface area contributed by atoms with Crippen LogP contribution in [0.15, 0.2) is 0 Å². The summed E-state index contributed by atoms with van der Waals surface area (Å²) in [7, 11) is -2.92. The minimum Gasteiger partial charge on any atom is -0.317 e. The average molecular weight is 232 g/mol. The number of sulfonamides is 1. The third kappa shape index (κ3) is 2.34. The summed E-state index contributed by atoms with van der Waals surface area (Å²) >= 11 is 0. The Morgan fingerprint density at radius 3 is 2.53 bits per heavy atom. The Bertz CT molecular complexity index is 309. The van der Waals surface area contributed by atoms with Crippen molar-refractivity contribution in [3.05, 3.63) is 0 Å². The summed E-state index contributed by atoms with van der Waals surface area (Å²) in [6, 6.07) is 0.194. The van der Waals surface area contributed by atoms with E-state index in [4.69, 9.17) is 0 Å². The molecule has 2 saturated heterocycles. The van der Waals surface area contributed by atoms with Gasteiger partial charge in [0.25, 0.3) is 0 Å². The highest BCUT2D eigenvalue weighted by Gasteiger charge is 2.35. The topological polar surface area (TPSA) is 49.4 Å². The van der Waals surface area contributed by atoms with Crippen LogP contribution in [0.5, 0.6) is 0 Å². The van der Waals surface area contributed by atoms with Crippen LogP contribution in [0.2, 0.25) is 0 Å². The average Bonchev–Trinajstić information content (AvgIpc) is 2.58. The van der Waals surface area contributed by atoms with E-state index in [2.05, 4.69) is 12.2 Å². The van der Waals surface area contributed by atoms with Gasteiger partial charge in [-0.1, -0.05) is 0 Å². The molecular weight excluding hydrogens is 212 g/mol. The summed E-state index contributed by atoms with van der Waals surface area (Å²) in [6.07, 6.45) is 3.01. The summed E-state index contributed by atoms with van der Waals surface area (Å²) < 4.78 is 25.2. The molecule has 0 aromatic carbocycles. The Kier molecular flexibility index (Phi) is 3.33.